The Morgan fingerprint density at radius 2 is 1.56 bits per heavy atom. The zero-order valence-electron chi connectivity index (χ0n) is 18.5. The lowest BCUT2D eigenvalue weighted by atomic mass is 9.98. The Bertz CT molecular complexity index is 929. The van der Waals surface area contributed by atoms with Crippen molar-refractivity contribution in [1.29, 1.82) is 0 Å². The fourth-order valence-electron chi connectivity index (χ4n) is 4.09. The number of rotatable bonds is 10. The Hall–Kier alpha value is -3.35. The van der Waals surface area contributed by atoms with E-state index in [9.17, 15) is 14.4 Å². The summed E-state index contributed by atoms with van der Waals surface area (Å²) in [7, 11) is 0. The fourth-order valence-corrected chi connectivity index (χ4v) is 4.09. The predicted molar refractivity (Wildman–Crippen MR) is 121 cm³/mol. The summed E-state index contributed by atoms with van der Waals surface area (Å²) in [4.78, 5) is 35.6. The third kappa shape index (κ3) is 5.46. The highest BCUT2D eigenvalue weighted by atomic mass is 16.5. The van der Waals surface area contributed by atoms with Gasteiger partial charge in [-0.15, -0.1) is 0 Å². The van der Waals surface area contributed by atoms with Gasteiger partial charge < -0.3 is 20.5 Å². The number of hydrogen-bond donors (Lipinski definition) is 3. The van der Waals surface area contributed by atoms with Crippen LogP contribution in [0.3, 0.4) is 0 Å². The van der Waals surface area contributed by atoms with Crippen molar-refractivity contribution in [3.63, 3.8) is 0 Å². The number of alkyl carbamates (subject to hydrolysis) is 1. The summed E-state index contributed by atoms with van der Waals surface area (Å²) in [5.74, 6) is -1.50. The average Bonchev–Trinajstić information content (AvgIpc) is 3.12. The largest absolute Gasteiger partial charge is 0.480 e. The van der Waals surface area contributed by atoms with Gasteiger partial charge in [-0.1, -0.05) is 68.8 Å². The molecule has 0 bridgehead atoms. The lowest BCUT2D eigenvalue weighted by molar-refractivity contribution is -0.142. The summed E-state index contributed by atoms with van der Waals surface area (Å²) in [5.41, 5.74) is 4.63. The molecule has 3 rings (SSSR count). The van der Waals surface area contributed by atoms with E-state index in [1.165, 1.54) is 11.1 Å². The van der Waals surface area contributed by atoms with Gasteiger partial charge in [-0.2, -0.15) is 0 Å². The Morgan fingerprint density at radius 1 is 0.969 bits per heavy atom. The molecular formula is C25H30N2O5. The summed E-state index contributed by atoms with van der Waals surface area (Å²) in [6.07, 6.45) is 0.600. The second-order valence-electron chi connectivity index (χ2n) is 8.05. The number of benzene rings is 2. The summed E-state index contributed by atoms with van der Waals surface area (Å²) < 4.78 is 5.52. The molecule has 2 unspecified atom stereocenters. The number of carboxylic acid groups (broad SMARTS) is 1. The zero-order chi connectivity index (χ0) is 23.1. The molecule has 2 atom stereocenters. The molecule has 0 fully saturated rings. The molecule has 2 aromatic carbocycles. The lowest BCUT2D eigenvalue weighted by Crippen LogP contribution is -2.41. The number of carbonyl (C=O) groups is 3. The average molecular weight is 439 g/mol. The van der Waals surface area contributed by atoms with Crippen LogP contribution in [0, 0.1) is 5.92 Å². The van der Waals surface area contributed by atoms with Crippen molar-refractivity contribution in [3.05, 3.63) is 59.7 Å². The normalized spacial score (nSPS) is 14.1. The topological polar surface area (TPSA) is 105 Å². The Labute approximate surface area is 188 Å². The first-order valence-electron chi connectivity index (χ1n) is 11.1. The third-order valence-corrected chi connectivity index (χ3v) is 5.97. The highest BCUT2D eigenvalue weighted by Crippen LogP contribution is 2.44. The smallest absolute Gasteiger partial charge is 0.407 e. The molecule has 1 aliphatic carbocycles. The molecule has 0 saturated heterocycles. The highest BCUT2D eigenvalue weighted by molar-refractivity contribution is 5.83. The van der Waals surface area contributed by atoms with E-state index in [2.05, 4.69) is 34.9 Å². The third-order valence-electron chi connectivity index (χ3n) is 5.97. The molecule has 1 aliphatic rings. The molecular weight excluding hydrogens is 408 g/mol. The van der Waals surface area contributed by atoms with E-state index in [-0.39, 0.29) is 37.3 Å². The number of amides is 2. The second-order valence-corrected chi connectivity index (χ2v) is 8.05. The van der Waals surface area contributed by atoms with Gasteiger partial charge in [0, 0.05) is 18.9 Å². The summed E-state index contributed by atoms with van der Waals surface area (Å²) in [6, 6.07) is 15.4. The fraction of sp³-hybridized carbons (Fsp3) is 0.400. The van der Waals surface area contributed by atoms with Gasteiger partial charge >= 0.3 is 12.1 Å². The molecule has 0 radical (unpaired) electrons. The maximum Gasteiger partial charge on any atom is 0.407 e. The second kappa shape index (κ2) is 10.8. The van der Waals surface area contributed by atoms with Crippen molar-refractivity contribution in [2.45, 2.75) is 45.1 Å². The van der Waals surface area contributed by atoms with Crippen molar-refractivity contribution in [1.82, 2.24) is 10.6 Å². The van der Waals surface area contributed by atoms with Crippen LogP contribution in [0.4, 0.5) is 4.79 Å². The molecule has 0 aromatic heterocycles. The van der Waals surface area contributed by atoms with Crippen LogP contribution in [-0.4, -0.2) is 42.3 Å². The number of nitrogens with one attached hydrogen (secondary N) is 2. The van der Waals surface area contributed by atoms with Crippen molar-refractivity contribution < 1.29 is 24.2 Å². The van der Waals surface area contributed by atoms with Crippen LogP contribution in [0.25, 0.3) is 11.1 Å². The Kier molecular flexibility index (Phi) is 7.87. The minimum atomic E-state index is -1.05. The molecule has 170 valence electrons. The number of carboxylic acids is 1. The summed E-state index contributed by atoms with van der Waals surface area (Å²) in [5, 5.41) is 14.3. The number of hydrogen-bond acceptors (Lipinski definition) is 4. The molecule has 0 spiro atoms. The van der Waals surface area contributed by atoms with Gasteiger partial charge in [0.15, 0.2) is 0 Å². The monoisotopic (exact) mass is 438 g/mol. The van der Waals surface area contributed by atoms with E-state index >= 15 is 0 Å². The molecule has 32 heavy (non-hydrogen) atoms. The molecule has 3 N–H and O–H groups in total. The van der Waals surface area contributed by atoms with Gasteiger partial charge in [-0.05, 0) is 34.6 Å². The lowest BCUT2D eigenvalue weighted by Gasteiger charge is -2.18. The number of ether oxygens (including phenoxy) is 1. The van der Waals surface area contributed by atoms with Crippen LogP contribution in [-0.2, 0) is 14.3 Å². The van der Waals surface area contributed by atoms with Crippen molar-refractivity contribution in [2.75, 3.05) is 13.2 Å². The first-order chi connectivity index (χ1) is 15.4. The minimum absolute atomic E-state index is 0.0112. The SMILES string of the molecule is CCC(CNC(=O)OCC1c2ccccc2-c2ccccc21)CC(=O)NC(CC)C(=O)O. The van der Waals surface area contributed by atoms with E-state index in [1.807, 2.05) is 31.2 Å². The molecule has 2 amide bonds. The highest BCUT2D eigenvalue weighted by Gasteiger charge is 2.29. The summed E-state index contributed by atoms with van der Waals surface area (Å²) >= 11 is 0. The van der Waals surface area contributed by atoms with E-state index in [0.29, 0.717) is 12.8 Å². The van der Waals surface area contributed by atoms with E-state index in [1.54, 1.807) is 6.92 Å². The maximum atomic E-state index is 12.3. The van der Waals surface area contributed by atoms with Gasteiger partial charge in [0.2, 0.25) is 5.91 Å². The minimum Gasteiger partial charge on any atom is -0.480 e. The number of aliphatic carboxylic acids is 1. The van der Waals surface area contributed by atoms with Crippen LogP contribution >= 0.6 is 0 Å². The van der Waals surface area contributed by atoms with Gasteiger partial charge in [-0.3, -0.25) is 4.79 Å². The molecule has 7 nitrogen and oxygen atoms in total. The molecule has 2 aromatic rings. The van der Waals surface area contributed by atoms with Crippen LogP contribution in [0.1, 0.15) is 50.2 Å². The van der Waals surface area contributed by atoms with E-state index in [4.69, 9.17) is 9.84 Å². The van der Waals surface area contributed by atoms with Crippen LogP contribution in [0.2, 0.25) is 0 Å². The Balaban J connectivity index is 1.51. The van der Waals surface area contributed by atoms with Gasteiger partial charge in [0.1, 0.15) is 12.6 Å². The van der Waals surface area contributed by atoms with Crippen LogP contribution in [0.5, 0.6) is 0 Å². The molecule has 7 heteroatoms. The molecule has 0 saturated carbocycles. The van der Waals surface area contributed by atoms with E-state index in [0.717, 1.165) is 11.1 Å². The Morgan fingerprint density at radius 3 is 2.09 bits per heavy atom. The first kappa shape index (κ1) is 23.3. The van der Waals surface area contributed by atoms with Crippen molar-refractivity contribution in [2.24, 2.45) is 5.92 Å². The van der Waals surface area contributed by atoms with Gasteiger partial charge in [-0.25, -0.2) is 9.59 Å². The maximum absolute atomic E-state index is 12.3. The predicted octanol–water partition coefficient (Wildman–Crippen LogP) is 3.92. The first-order valence-corrected chi connectivity index (χ1v) is 11.1. The van der Waals surface area contributed by atoms with Crippen LogP contribution in [0.15, 0.2) is 48.5 Å². The van der Waals surface area contributed by atoms with Crippen molar-refractivity contribution >= 4 is 18.0 Å². The van der Waals surface area contributed by atoms with Crippen LogP contribution < -0.4 is 10.6 Å². The van der Waals surface area contributed by atoms with Gasteiger partial charge in [0.25, 0.3) is 0 Å². The molecule has 0 aliphatic heterocycles. The van der Waals surface area contributed by atoms with Crippen molar-refractivity contribution in [3.8, 4) is 11.1 Å². The number of carbonyl (C=O) groups excluding carboxylic acids is 2. The quantitative estimate of drug-likeness (QED) is 0.521. The number of fused-ring (bicyclic) bond motifs is 3. The zero-order valence-corrected chi connectivity index (χ0v) is 18.5. The summed E-state index contributed by atoms with van der Waals surface area (Å²) in [6.45, 7) is 4.14. The van der Waals surface area contributed by atoms with E-state index < -0.39 is 18.1 Å². The standard InChI is InChI=1S/C25H30N2O5/c1-3-16(13-23(28)27-22(4-2)24(29)30)14-26-25(31)32-15-21-19-11-7-5-9-17(19)18-10-6-8-12-20(18)21/h5-12,16,21-22H,3-4,13-15H2,1-2H3,(H,26,31)(H,27,28)(H,29,30). The molecule has 0 heterocycles. The van der Waals surface area contributed by atoms with Gasteiger partial charge in [0.05, 0.1) is 0 Å².